The first-order valence-corrected chi connectivity index (χ1v) is 8.53. The number of thiophene rings is 1. The number of nitro groups is 2. The Hall–Kier alpha value is -3.55. The second kappa shape index (κ2) is 8.64. The van der Waals surface area contributed by atoms with Crippen LogP contribution in [-0.4, -0.2) is 28.1 Å². The molecular formula is C15H11F3N4O6S. The fraction of sp³-hybridized carbons (Fsp3) is 0.200. The number of carbonyl (C=O) groups is 1. The smallest absolute Gasteiger partial charge is 0.416 e. The Morgan fingerprint density at radius 2 is 1.83 bits per heavy atom. The molecule has 0 spiro atoms. The third-order valence-corrected chi connectivity index (χ3v) is 4.20. The van der Waals surface area contributed by atoms with E-state index in [1.807, 2.05) is 5.43 Å². The van der Waals surface area contributed by atoms with Gasteiger partial charge in [0, 0.05) is 12.1 Å². The van der Waals surface area contributed by atoms with Crippen LogP contribution in [0.4, 0.5) is 30.2 Å². The molecule has 0 saturated heterocycles. The largest absolute Gasteiger partial charge is 0.461 e. The van der Waals surface area contributed by atoms with Gasteiger partial charge in [0.15, 0.2) is 5.71 Å². The zero-order valence-electron chi connectivity index (χ0n) is 14.4. The van der Waals surface area contributed by atoms with E-state index >= 15 is 0 Å². The van der Waals surface area contributed by atoms with Crippen LogP contribution in [0, 0.1) is 20.2 Å². The molecule has 0 saturated carbocycles. The van der Waals surface area contributed by atoms with Crippen molar-refractivity contribution in [3.05, 3.63) is 60.3 Å². The Kier molecular flexibility index (Phi) is 6.48. The maximum atomic E-state index is 12.9. The van der Waals surface area contributed by atoms with Crippen molar-refractivity contribution in [3.63, 3.8) is 0 Å². The van der Waals surface area contributed by atoms with Gasteiger partial charge in [0.25, 0.3) is 0 Å². The Labute approximate surface area is 163 Å². The van der Waals surface area contributed by atoms with Crippen molar-refractivity contribution in [1.29, 1.82) is 0 Å². The van der Waals surface area contributed by atoms with E-state index < -0.39 is 44.6 Å². The first kappa shape index (κ1) is 21.7. The van der Waals surface area contributed by atoms with Gasteiger partial charge < -0.3 is 4.74 Å². The van der Waals surface area contributed by atoms with Gasteiger partial charge in [-0.25, -0.2) is 4.79 Å². The van der Waals surface area contributed by atoms with Crippen LogP contribution in [0.5, 0.6) is 0 Å². The van der Waals surface area contributed by atoms with Crippen molar-refractivity contribution in [2.45, 2.75) is 13.1 Å². The molecule has 2 rings (SSSR count). The first-order chi connectivity index (χ1) is 13.6. The molecule has 0 aliphatic heterocycles. The zero-order valence-corrected chi connectivity index (χ0v) is 15.2. The van der Waals surface area contributed by atoms with Crippen LogP contribution >= 0.6 is 11.3 Å². The van der Waals surface area contributed by atoms with Crippen LogP contribution in [0.15, 0.2) is 34.7 Å². The third kappa shape index (κ3) is 5.04. The molecule has 0 aliphatic carbocycles. The summed E-state index contributed by atoms with van der Waals surface area (Å²) in [6.07, 6.45) is -5.05. The molecule has 154 valence electrons. The molecule has 0 atom stereocenters. The molecule has 1 aromatic carbocycles. The highest BCUT2D eigenvalue weighted by atomic mass is 32.1. The second-order valence-electron chi connectivity index (χ2n) is 5.17. The summed E-state index contributed by atoms with van der Waals surface area (Å²) < 4.78 is 43.6. The Morgan fingerprint density at radius 3 is 2.24 bits per heavy atom. The summed E-state index contributed by atoms with van der Waals surface area (Å²) in [4.78, 5) is 32.3. The monoisotopic (exact) mass is 432 g/mol. The number of benzene rings is 1. The van der Waals surface area contributed by atoms with E-state index in [0.29, 0.717) is 0 Å². The molecule has 14 heteroatoms. The standard InChI is InChI=1S/C15H11F3N4O6S/c1-2-28-14(23)13(11-4-3-5-29-11)20-19-12-9(21(24)25)6-8(15(16,17)18)7-10(12)22(26)27/h3-7,19H,2H2,1H3. The predicted octanol–water partition coefficient (Wildman–Crippen LogP) is 3.96. The first-order valence-electron chi connectivity index (χ1n) is 7.65. The quantitative estimate of drug-likeness (QED) is 0.302. The van der Waals surface area contributed by atoms with Gasteiger partial charge in [-0.05, 0) is 18.4 Å². The lowest BCUT2D eigenvalue weighted by molar-refractivity contribution is -0.392. The Morgan fingerprint density at radius 1 is 1.24 bits per heavy atom. The van der Waals surface area contributed by atoms with Crippen LogP contribution in [0.2, 0.25) is 0 Å². The van der Waals surface area contributed by atoms with Crippen molar-refractivity contribution in [2.24, 2.45) is 5.10 Å². The van der Waals surface area contributed by atoms with E-state index in [1.54, 1.807) is 11.4 Å². The molecule has 29 heavy (non-hydrogen) atoms. The number of ether oxygens (including phenoxy) is 1. The summed E-state index contributed by atoms with van der Waals surface area (Å²) in [6, 6.07) is 3.31. The highest BCUT2D eigenvalue weighted by Crippen LogP contribution is 2.41. The van der Waals surface area contributed by atoms with E-state index in [-0.39, 0.29) is 29.3 Å². The Bertz CT molecular complexity index is 940. The molecule has 2 aromatic rings. The third-order valence-electron chi connectivity index (χ3n) is 3.32. The van der Waals surface area contributed by atoms with Gasteiger partial charge in [0.2, 0.25) is 5.69 Å². The van der Waals surface area contributed by atoms with Gasteiger partial charge in [0.1, 0.15) is 0 Å². The van der Waals surface area contributed by atoms with Crippen molar-refractivity contribution in [2.75, 3.05) is 12.0 Å². The normalized spacial score (nSPS) is 11.8. The number of hydrazone groups is 1. The lowest BCUT2D eigenvalue weighted by Gasteiger charge is -2.10. The van der Waals surface area contributed by atoms with Crippen LogP contribution in [0.1, 0.15) is 17.4 Å². The lowest BCUT2D eigenvalue weighted by Crippen LogP contribution is -2.19. The molecule has 0 bridgehead atoms. The van der Waals surface area contributed by atoms with Gasteiger partial charge in [-0.15, -0.1) is 11.3 Å². The van der Waals surface area contributed by atoms with E-state index in [1.165, 1.54) is 13.0 Å². The van der Waals surface area contributed by atoms with Gasteiger partial charge in [-0.3, -0.25) is 25.7 Å². The maximum Gasteiger partial charge on any atom is 0.416 e. The number of esters is 1. The van der Waals surface area contributed by atoms with Crippen molar-refractivity contribution in [1.82, 2.24) is 0 Å². The van der Waals surface area contributed by atoms with Crippen LogP contribution in [0.25, 0.3) is 0 Å². The number of nitrogens with zero attached hydrogens (tertiary/aromatic N) is 3. The van der Waals surface area contributed by atoms with Crippen LogP contribution in [0.3, 0.4) is 0 Å². The van der Waals surface area contributed by atoms with Gasteiger partial charge >= 0.3 is 23.5 Å². The van der Waals surface area contributed by atoms with E-state index in [0.717, 1.165) is 11.3 Å². The number of anilines is 1. The molecule has 0 fully saturated rings. The number of hydrogen-bond acceptors (Lipinski definition) is 9. The number of carbonyl (C=O) groups excluding carboxylic acids is 1. The molecule has 1 aromatic heterocycles. The van der Waals surface area contributed by atoms with E-state index in [9.17, 15) is 38.2 Å². The molecular weight excluding hydrogens is 421 g/mol. The summed E-state index contributed by atoms with van der Waals surface area (Å²) >= 11 is 1.06. The molecule has 0 aliphatic rings. The minimum absolute atomic E-state index is 0.0240. The topological polar surface area (TPSA) is 137 Å². The van der Waals surface area contributed by atoms with E-state index in [2.05, 4.69) is 5.10 Å². The predicted molar refractivity (Wildman–Crippen MR) is 95.9 cm³/mol. The summed E-state index contributed by atoms with van der Waals surface area (Å²) in [5, 5.41) is 27.7. The van der Waals surface area contributed by atoms with Crippen molar-refractivity contribution >= 4 is 40.1 Å². The summed E-state index contributed by atoms with van der Waals surface area (Å²) in [5.41, 5.74) is -3.31. The number of alkyl halides is 3. The zero-order chi connectivity index (χ0) is 21.8. The fourth-order valence-electron chi connectivity index (χ4n) is 2.10. The lowest BCUT2D eigenvalue weighted by atomic mass is 10.1. The average Bonchev–Trinajstić information content (AvgIpc) is 3.14. The molecule has 1 heterocycles. The summed E-state index contributed by atoms with van der Waals surface area (Å²) in [6.45, 7) is 1.49. The number of hydrogen-bond donors (Lipinski definition) is 1. The van der Waals surface area contributed by atoms with Gasteiger partial charge in [-0.1, -0.05) is 6.07 Å². The van der Waals surface area contributed by atoms with Crippen molar-refractivity contribution in [3.8, 4) is 0 Å². The SMILES string of the molecule is CCOC(=O)C(=NNc1c([N+](=O)[O-])cc(C(F)(F)F)cc1[N+](=O)[O-])c1cccs1. The second-order valence-corrected chi connectivity index (χ2v) is 6.12. The Balaban J connectivity index is 2.63. The van der Waals surface area contributed by atoms with Crippen LogP contribution in [-0.2, 0) is 15.7 Å². The van der Waals surface area contributed by atoms with Gasteiger partial charge in [0.05, 0.1) is 26.9 Å². The number of nitrogens with one attached hydrogen (secondary N) is 1. The highest BCUT2D eigenvalue weighted by Gasteiger charge is 2.37. The number of halogens is 3. The minimum atomic E-state index is -5.05. The average molecular weight is 432 g/mol. The fourth-order valence-corrected chi connectivity index (χ4v) is 2.81. The highest BCUT2D eigenvalue weighted by molar-refractivity contribution is 7.13. The van der Waals surface area contributed by atoms with Crippen molar-refractivity contribution < 1.29 is 32.5 Å². The van der Waals surface area contributed by atoms with Crippen LogP contribution < -0.4 is 5.43 Å². The van der Waals surface area contributed by atoms with E-state index in [4.69, 9.17) is 4.74 Å². The maximum absolute atomic E-state index is 12.9. The minimum Gasteiger partial charge on any atom is -0.461 e. The number of nitro benzene ring substituents is 2. The molecule has 0 unspecified atom stereocenters. The summed E-state index contributed by atoms with van der Waals surface area (Å²) in [7, 11) is 0. The summed E-state index contributed by atoms with van der Waals surface area (Å²) in [5.74, 6) is -0.931. The molecule has 1 N–H and O–H groups in total. The molecule has 0 radical (unpaired) electrons. The van der Waals surface area contributed by atoms with Gasteiger partial charge in [-0.2, -0.15) is 18.3 Å². The molecule has 0 amide bonds. The number of rotatable bonds is 7. The molecule has 10 nitrogen and oxygen atoms in total.